The Morgan fingerprint density at radius 2 is 1.81 bits per heavy atom. The fraction of sp³-hybridized carbons (Fsp3) is 0.333. The van der Waals surface area contributed by atoms with Crippen molar-refractivity contribution in [1.82, 2.24) is 0 Å². The fourth-order valence-electron chi connectivity index (χ4n) is 2.23. The Hall–Kier alpha value is -2.00. The predicted molar refractivity (Wildman–Crippen MR) is 87.0 cm³/mol. The summed E-state index contributed by atoms with van der Waals surface area (Å²) >= 11 is 0. The molecule has 0 aliphatic carbocycles. The lowest BCUT2D eigenvalue weighted by Crippen LogP contribution is -2.00. The lowest BCUT2D eigenvalue weighted by Gasteiger charge is -2.08. The number of aliphatic hydroxyl groups is 1. The summed E-state index contributed by atoms with van der Waals surface area (Å²) in [6.07, 6.45) is 2.70. The van der Waals surface area contributed by atoms with E-state index in [1.165, 1.54) is 5.56 Å². The van der Waals surface area contributed by atoms with E-state index in [-0.39, 0.29) is 6.61 Å². The van der Waals surface area contributed by atoms with E-state index in [0.717, 1.165) is 29.8 Å². The first-order chi connectivity index (χ1) is 10.3. The van der Waals surface area contributed by atoms with E-state index < -0.39 is 0 Å². The fourth-order valence-corrected chi connectivity index (χ4v) is 2.23. The molecule has 0 heterocycles. The molecule has 2 aromatic rings. The standard InChI is InChI=1S/C18H23NO2/c1-19-17-6-2-4-16(14-17)5-3-13-21-18-9-7-15(8-10-18)11-12-20/h2,4,6-10,14,19-20H,3,5,11-13H2,1H3. The molecule has 2 rings (SSSR count). The van der Waals surface area contributed by atoms with E-state index in [0.29, 0.717) is 13.0 Å². The molecule has 0 aliphatic rings. The number of rotatable bonds is 8. The van der Waals surface area contributed by atoms with Crippen molar-refractivity contribution in [3.05, 3.63) is 59.7 Å². The zero-order valence-corrected chi connectivity index (χ0v) is 12.5. The maximum atomic E-state index is 8.87. The Morgan fingerprint density at radius 1 is 1.00 bits per heavy atom. The number of ether oxygens (including phenoxy) is 1. The van der Waals surface area contributed by atoms with Crippen LogP contribution in [0.4, 0.5) is 5.69 Å². The van der Waals surface area contributed by atoms with Crippen molar-refractivity contribution in [3.8, 4) is 5.75 Å². The molecule has 0 spiro atoms. The molecule has 0 aliphatic heterocycles. The van der Waals surface area contributed by atoms with Crippen LogP contribution in [0.2, 0.25) is 0 Å². The lowest BCUT2D eigenvalue weighted by atomic mass is 10.1. The van der Waals surface area contributed by atoms with Gasteiger partial charge in [0.05, 0.1) is 6.61 Å². The van der Waals surface area contributed by atoms with Crippen LogP contribution in [0.1, 0.15) is 17.5 Å². The maximum absolute atomic E-state index is 8.87. The van der Waals surface area contributed by atoms with E-state index in [1.807, 2.05) is 31.3 Å². The van der Waals surface area contributed by atoms with Crippen molar-refractivity contribution in [2.24, 2.45) is 0 Å². The third-order valence-corrected chi connectivity index (χ3v) is 3.42. The Morgan fingerprint density at radius 3 is 2.52 bits per heavy atom. The Bertz CT molecular complexity index is 537. The van der Waals surface area contributed by atoms with Crippen LogP contribution >= 0.6 is 0 Å². The molecule has 3 nitrogen and oxygen atoms in total. The summed E-state index contributed by atoms with van der Waals surface area (Å²) < 4.78 is 5.74. The summed E-state index contributed by atoms with van der Waals surface area (Å²) in [4.78, 5) is 0. The van der Waals surface area contributed by atoms with Crippen molar-refractivity contribution in [1.29, 1.82) is 0 Å². The molecule has 0 bridgehead atoms. The second-order valence-corrected chi connectivity index (χ2v) is 5.02. The molecule has 0 radical (unpaired) electrons. The number of nitrogens with one attached hydrogen (secondary N) is 1. The third kappa shape index (κ3) is 5.12. The van der Waals surface area contributed by atoms with Gasteiger partial charge in [-0.3, -0.25) is 0 Å². The van der Waals surface area contributed by atoms with Crippen molar-refractivity contribution < 1.29 is 9.84 Å². The van der Waals surface area contributed by atoms with Crippen LogP contribution in [-0.4, -0.2) is 25.4 Å². The molecular weight excluding hydrogens is 262 g/mol. The van der Waals surface area contributed by atoms with Crippen LogP contribution in [0.25, 0.3) is 0 Å². The molecule has 0 saturated carbocycles. The van der Waals surface area contributed by atoms with Gasteiger partial charge in [-0.15, -0.1) is 0 Å². The van der Waals surface area contributed by atoms with E-state index in [1.54, 1.807) is 0 Å². The van der Waals surface area contributed by atoms with Gasteiger partial charge < -0.3 is 15.2 Å². The number of hydrogen-bond acceptors (Lipinski definition) is 3. The zero-order chi connectivity index (χ0) is 14.9. The summed E-state index contributed by atoms with van der Waals surface area (Å²) in [6.45, 7) is 0.898. The molecule has 0 saturated heterocycles. The topological polar surface area (TPSA) is 41.5 Å². The predicted octanol–water partition coefficient (Wildman–Crippen LogP) is 3.27. The molecular formula is C18H23NO2. The molecule has 0 fully saturated rings. The molecule has 112 valence electrons. The van der Waals surface area contributed by atoms with Gasteiger partial charge in [0.15, 0.2) is 0 Å². The zero-order valence-electron chi connectivity index (χ0n) is 12.5. The van der Waals surface area contributed by atoms with Crippen molar-refractivity contribution >= 4 is 5.69 Å². The molecule has 0 aromatic heterocycles. The smallest absolute Gasteiger partial charge is 0.119 e. The van der Waals surface area contributed by atoms with Crippen LogP contribution in [-0.2, 0) is 12.8 Å². The summed E-state index contributed by atoms with van der Waals surface area (Å²) in [5.74, 6) is 0.890. The van der Waals surface area contributed by atoms with E-state index in [2.05, 4.69) is 29.6 Å². The van der Waals surface area contributed by atoms with Crippen molar-refractivity contribution in [2.75, 3.05) is 25.6 Å². The van der Waals surface area contributed by atoms with Gasteiger partial charge in [0.1, 0.15) is 5.75 Å². The number of aryl methyl sites for hydroxylation is 1. The molecule has 0 unspecified atom stereocenters. The highest BCUT2D eigenvalue weighted by atomic mass is 16.5. The Kier molecular flexibility index (Phi) is 6.10. The van der Waals surface area contributed by atoms with Crippen LogP contribution < -0.4 is 10.1 Å². The maximum Gasteiger partial charge on any atom is 0.119 e. The third-order valence-electron chi connectivity index (χ3n) is 3.42. The Balaban J connectivity index is 1.73. The number of benzene rings is 2. The van der Waals surface area contributed by atoms with Gasteiger partial charge in [-0.05, 0) is 54.7 Å². The Labute approximate surface area is 126 Å². The first kappa shape index (κ1) is 15.4. The first-order valence-electron chi connectivity index (χ1n) is 7.41. The van der Waals surface area contributed by atoms with Crippen LogP contribution in [0.5, 0.6) is 5.75 Å². The lowest BCUT2D eigenvalue weighted by molar-refractivity contribution is 0.299. The van der Waals surface area contributed by atoms with Gasteiger partial charge in [-0.2, -0.15) is 0 Å². The SMILES string of the molecule is CNc1cccc(CCCOc2ccc(CCO)cc2)c1. The van der Waals surface area contributed by atoms with Crippen LogP contribution in [0.3, 0.4) is 0 Å². The average Bonchev–Trinajstić information content (AvgIpc) is 2.53. The minimum atomic E-state index is 0.186. The van der Waals surface area contributed by atoms with E-state index in [4.69, 9.17) is 9.84 Å². The van der Waals surface area contributed by atoms with Crippen LogP contribution in [0, 0.1) is 0 Å². The normalized spacial score (nSPS) is 10.4. The largest absolute Gasteiger partial charge is 0.494 e. The highest BCUT2D eigenvalue weighted by Gasteiger charge is 1.98. The van der Waals surface area contributed by atoms with E-state index in [9.17, 15) is 0 Å². The first-order valence-corrected chi connectivity index (χ1v) is 7.41. The summed E-state index contributed by atoms with van der Waals surface area (Å²) in [5, 5.41) is 12.0. The second-order valence-electron chi connectivity index (χ2n) is 5.02. The average molecular weight is 285 g/mol. The van der Waals surface area contributed by atoms with E-state index >= 15 is 0 Å². The molecule has 21 heavy (non-hydrogen) atoms. The minimum Gasteiger partial charge on any atom is -0.494 e. The van der Waals surface area contributed by atoms with Gasteiger partial charge in [0.2, 0.25) is 0 Å². The van der Waals surface area contributed by atoms with Gasteiger partial charge in [0.25, 0.3) is 0 Å². The molecule has 2 N–H and O–H groups in total. The number of hydrogen-bond donors (Lipinski definition) is 2. The summed E-state index contributed by atoms with van der Waals surface area (Å²) in [7, 11) is 1.93. The highest BCUT2D eigenvalue weighted by Crippen LogP contribution is 2.14. The van der Waals surface area contributed by atoms with Gasteiger partial charge in [-0.1, -0.05) is 24.3 Å². The quantitative estimate of drug-likeness (QED) is 0.731. The number of anilines is 1. The van der Waals surface area contributed by atoms with Crippen molar-refractivity contribution in [2.45, 2.75) is 19.3 Å². The summed E-state index contributed by atoms with van der Waals surface area (Å²) in [5.41, 5.74) is 3.60. The molecule has 0 amide bonds. The van der Waals surface area contributed by atoms with Crippen molar-refractivity contribution in [3.63, 3.8) is 0 Å². The van der Waals surface area contributed by atoms with Gasteiger partial charge >= 0.3 is 0 Å². The highest BCUT2D eigenvalue weighted by molar-refractivity contribution is 5.45. The second kappa shape index (κ2) is 8.32. The molecule has 2 aromatic carbocycles. The summed E-state index contributed by atoms with van der Waals surface area (Å²) in [6, 6.07) is 16.4. The minimum absolute atomic E-state index is 0.186. The van der Waals surface area contributed by atoms with Gasteiger partial charge in [0, 0.05) is 19.3 Å². The van der Waals surface area contributed by atoms with Crippen LogP contribution in [0.15, 0.2) is 48.5 Å². The molecule has 3 heteroatoms. The van der Waals surface area contributed by atoms with Gasteiger partial charge in [-0.25, -0.2) is 0 Å². The molecule has 0 atom stereocenters. The monoisotopic (exact) mass is 285 g/mol. The number of aliphatic hydroxyl groups excluding tert-OH is 1.